The highest BCUT2D eigenvalue weighted by molar-refractivity contribution is 7.09. The normalized spacial score (nSPS) is 26.6. The number of halogens is 1. The topological polar surface area (TPSA) is 38.9 Å². The minimum Gasteiger partial charge on any atom is -0.328 e. The Morgan fingerprint density at radius 1 is 1.25 bits per heavy atom. The van der Waals surface area contributed by atoms with Gasteiger partial charge >= 0.3 is 0 Å². The molecule has 0 aliphatic heterocycles. The van der Waals surface area contributed by atoms with E-state index >= 15 is 0 Å². The number of hydrogen-bond donors (Lipinski definition) is 1. The van der Waals surface area contributed by atoms with E-state index in [4.69, 9.17) is 5.73 Å². The molecule has 0 spiro atoms. The van der Waals surface area contributed by atoms with Crippen LogP contribution in [0.15, 0.2) is 35.7 Å². The average Bonchev–Trinajstić information content (AvgIpc) is 2.92. The zero-order valence-corrected chi connectivity index (χ0v) is 12.2. The first-order chi connectivity index (χ1) is 9.65. The van der Waals surface area contributed by atoms with E-state index in [-0.39, 0.29) is 6.04 Å². The van der Waals surface area contributed by atoms with Crippen LogP contribution in [-0.2, 0) is 6.42 Å². The van der Waals surface area contributed by atoms with Crippen molar-refractivity contribution in [2.45, 2.75) is 43.8 Å². The molecule has 3 rings (SSSR count). The summed E-state index contributed by atoms with van der Waals surface area (Å²) in [6.45, 7) is 0. The average molecular weight is 290 g/mol. The van der Waals surface area contributed by atoms with Crippen LogP contribution in [0.3, 0.4) is 0 Å². The fraction of sp³-hybridized carbons (Fsp3) is 0.438. The molecule has 0 radical (unpaired) electrons. The molecule has 1 aliphatic rings. The summed E-state index contributed by atoms with van der Waals surface area (Å²) in [5, 5.41) is 2.91. The third kappa shape index (κ3) is 3.07. The second-order valence-electron chi connectivity index (χ2n) is 5.66. The van der Waals surface area contributed by atoms with E-state index in [1.54, 1.807) is 11.3 Å². The Bertz CT molecular complexity index is 559. The summed E-state index contributed by atoms with van der Waals surface area (Å²) in [4.78, 5) is 4.59. The fourth-order valence-electron chi connectivity index (χ4n) is 2.74. The fourth-order valence-corrected chi connectivity index (χ4v) is 3.67. The van der Waals surface area contributed by atoms with Crippen molar-refractivity contribution in [3.05, 3.63) is 40.7 Å². The van der Waals surface area contributed by atoms with Gasteiger partial charge in [-0.2, -0.15) is 0 Å². The molecular formula is C16H19FN2S. The number of nitrogens with zero attached hydrogens (tertiary/aromatic N) is 1. The molecule has 1 saturated carbocycles. The van der Waals surface area contributed by atoms with E-state index in [9.17, 15) is 4.39 Å². The SMILES string of the molecule is NC1CCC(F)(Cc2nc(-c3ccccc3)cs2)CC1. The van der Waals surface area contributed by atoms with Gasteiger partial charge in [0, 0.05) is 23.4 Å². The van der Waals surface area contributed by atoms with Crippen LogP contribution >= 0.6 is 11.3 Å². The van der Waals surface area contributed by atoms with Gasteiger partial charge in [-0.3, -0.25) is 0 Å². The predicted molar refractivity (Wildman–Crippen MR) is 81.5 cm³/mol. The lowest BCUT2D eigenvalue weighted by Gasteiger charge is -2.31. The number of nitrogens with two attached hydrogens (primary N) is 1. The first kappa shape index (κ1) is 13.7. The highest BCUT2D eigenvalue weighted by atomic mass is 32.1. The van der Waals surface area contributed by atoms with Crippen LogP contribution in [0.2, 0.25) is 0 Å². The largest absolute Gasteiger partial charge is 0.328 e. The molecule has 4 heteroatoms. The summed E-state index contributed by atoms with van der Waals surface area (Å²) in [6.07, 6.45) is 3.13. The minimum absolute atomic E-state index is 0.176. The van der Waals surface area contributed by atoms with Gasteiger partial charge in [0.25, 0.3) is 0 Å². The third-order valence-electron chi connectivity index (χ3n) is 4.02. The van der Waals surface area contributed by atoms with Crippen LogP contribution in [-0.4, -0.2) is 16.7 Å². The molecule has 1 aromatic heterocycles. The van der Waals surface area contributed by atoms with Crippen molar-refractivity contribution in [2.75, 3.05) is 0 Å². The van der Waals surface area contributed by atoms with E-state index in [2.05, 4.69) is 4.98 Å². The van der Waals surface area contributed by atoms with Crippen LogP contribution in [0.5, 0.6) is 0 Å². The number of thiazole rings is 1. The molecule has 2 N–H and O–H groups in total. The van der Waals surface area contributed by atoms with Crippen LogP contribution in [0.1, 0.15) is 30.7 Å². The highest BCUT2D eigenvalue weighted by Crippen LogP contribution is 2.35. The molecule has 0 unspecified atom stereocenters. The van der Waals surface area contributed by atoms with Crippen molar-refractivity contribution in [1.29, 1.82) is 0 Å². The van der Waals surface area contributed by atoms with Crippen molar-refractivity contribution in [1.82, 2.24) is 4.98 Å². The Morgan fingerprint density at radius 3 is 2.65 bits per heavy atom. The van der Waals surface area contributed by atoms with E-state index in [1.165, 1.54) is 0 Å². The molecule has 1 fully saturated rings. The highest BCUT2D eigenvalue weighted by Gasteiger charge is 2.35. The molecule has 1 heterocycles. The maximum atomic E-state index is 14.8. The first-order valence-corrected chi connectivity index (χ1v) is 7.97. The van der Waals surface area contributed by atoms with Crippen LogP contribution in [0.25, 0.3) is 11.3 Å². The standard InChI is InChI=1S/C16H19FN2S/c17-16(8-6-13(18)7-9-16)10-15-19-14(11-20-15)12-4-2-1-3-5-12/h1-5,11,13H,6-10,18H2. The van der Waals surface area contributed by atoms with E-state index in [0.717, 1.165) is 29.1 Å². The Labute approximate surface area is 122 Å². The Morgan fingerprint density at radius 2 is 1.95 bits per heavy atom. The van der Waals surface area contributed by atoms with Gasteiger partial charge < -0.3 is 5.73 Å². The van der Waals surface area contributed by atoms with Gasteiger partial charge in [0.1, 0.15) is 5.67 Å². The minimum atomic E-state index is -1.11. The van der Waals surface area contributed by atoms with E-state index in [1.807, 2.05) is 35.7 Å². The Hall–Kier alpha value is -1.26. The molecule has 2 aromatic rings. The van der Waals surface area contributed by atoms with Gasteiger partial charge in [0.2, 0.25) is 0 Å². The van der Waals surface area contributed by atoms with Crippen molar-refractivity contribution in [2.24, 2.45) is 5.73 Å². The van der Waals surface area contributed by atoms with Crippen LogP contribution in [0.4, 0.5) is 4.39 Å². The molecule has 0 saturated heterocycles. The number of hydrogen-bond acceptors (Lipinski definition) is 3. The van der Waals surface area contributed by atoms with Crippen molar-refractivity contribution in [3.63, 3.8) is 0 Å². The van der Waals surface area contributed by atoms with Gasteiger partial charge in [-0.25, -0.2) is 9.37 Å². The van der Waals surface area contributed by atoms with Gasteiger partial charge in [0.15, 0.2) is 0 Å². The number of aromatic nitrogens is 1. The summed E-state index contributed by atoms with van der Waals surface area (Å²) in [7, 11) is 0. The lowest BCUT2D eigenvalue weighted by atomic mass is 9.82. The van der Waals surface area contributed by atoms with Gasteiger partial charge in [-0.05, 0) is 25.7 Å². The smallest absolute Gasteiger partial charge is 0.117 e. The second-order valence-corrected chi connectivity index (χ2v) is 6.60. The van der Waals surface area contributed by atoms with Gasteiger partial charge in [-0.1, -0.05) is 30.3 Å². The van der Waals surface area contributed by atoms with Crippen LogP contribution < -0.4 is 5.73 Å². The first-order valence-electron chi connectivity index (χ1n) is 7.09. The summed E-state index contributed by atoms with van der Waals surface area (Å²) < 4.78 is 14.8. The molecule has 0 bridgehead atoms. The second kappa shape index (κ2) is 5.62. The lowest BCUT2D eigenvalue weighted by molar-refractivity contribution is 0.0994. The maximum absolute atomic E-state index is 14.8. The maximum Gasteiger partial charge on any atom is 0.117 e. The number of alkyl halides is 1. The number of rotatable bonds is 3. The van der Waals surface area contributed by atoms with Gasteiger partial charge in [0.05, 0.1) is 10.7 Å². The van der Waals surface area contributed by atoms with Crippen LogP contribution in [0, 0.1) is 0 Å². The molecular weight excluding hydrogens is 271 g/mol. The molecule has 1 aromatic carbocycles. The molecule has 0 atom stereocenters. The Kier molecular flexibility index (Phi) is 3.85. The van der Waals surface area contributed by atoms with Crippen molar-refractivity contribution in [3.8, 4) is 11.3 Å². The summed E-state index contributed by atoms with van der Waals surface area (Å²) in [5.41, 5.74) is 6.78. The molecule has 2 nitrogen and oxygen atoms in total. The summed E-state index contributed by atoms with van der Waals surface area (Å²) in [6, 6.07) is 10.2. The monoisotopic (exact) mass is 290 g/mol. The zero-order chi connectivity index (χ0) is 14.0. The molecule has 20 heavy (non-hydrogen) atoms. The molecule has 106 valence electrons. The van der Waals surface area contributed by atoms with Crippen molar-refractivity contribution >= 4 is 11.3 Å². The van der Waals surface area contributed by atoms with Gasteiger partial charge in [-0.15, -0.1) is 11.3 Å². The summed E-state index contributed by atoms with van der Waals surface area (Å²) >= 11 is 1.56. The third-order valence-corrected chi connectivity index (χ3v) is 4.86. The zero-order valence-electron chi connectivity index (χ0n) is 11.4. The number of benzene rings is 1. The quantitative estimate of drug-likeness (QED) is 0.929. The predicted octanol–water partition coefficient (Wildman–Crippen LogP) is 3.96. The molecule has 1 aliphatic carbocycles. The molecule has 0 amide bonds. The summed E-state index contributed by atoms with van der Waals surface area (Å²) in [5.74, 6) is 0. The lowest BCUT2D eigenvalue weighted by Crippen LogP contribution is -2.37. The van der Waals surface area contributed by atoms with Crippen molar-refractivity contribution < 1.29 is 4.39 Å². The Balaban J connectivity index is 1.71. The van der Waals surface area contributed by atoms with E-state index < -0.39 is 5.67 Å². The van der Waals surface area contributed by atoms with E-state index in [0.29, 0.717) is 19.3 Å².